The first-order chi connectivity index (χ1) is 10.1. The van der Waals surface area contributed by atoms with Gasteiger partial charge in [-0.25, -0.2) is 0 Å². The van der Waals surface area contributed by atoms with Crippen LogP contribution in [-0.2, 0) is 9.53 Å². The molecule has 0 aromatic rings. The van der Waals surface area contributed by atoms with Crippen LogP contribution in [0.2, 0.25) is 0 Å². The highest BCUT2D eigenvalue weighted by molar-refractivity contribution is 5.70. The van der Waals surface area contributed by atoms with E-state index in [9.17, 15) is 9.90 Å². The maximum atomic E-state index is 11.4. The summed E-state index contributed by atoms with van der Waals surface area (Å²) in [6.07, 6.45) is 12.6. The Morgan fingerprint density at radius 3 is 2.86 bits per heavy atom. The van der Waals surface area contributed by atoms with Crippen LogP contribution in [0.3, 0.4) is 0 Å². The number of fused-ring (bicyclic) bond motifs is 1. The number of cyclic esters (lactones) is 1. The van der Waals surface area contributed by atoms with E-state index in [1.807, 2.05) is 0 Å². The Bertz CT molecular complexity index is 403. The lowest BCUT2D eigenvalue weighted by Crippen LogP contribution is -2.36. The zero-order valence-electron chi connectivity index (χ0n) is 13.0. The fraction of sp³-hybridized carbons (Fsp3) is 0.833. The molecule has 1 heterocycles. The minimum atomic E-state index is -0.498. The molecule has 0 spiro atoms. The van der Waals surface area contributed by atoms with Crippen LogP contribution in [0.25, 0.3) is 0 Å². The molecule has 21 heavy (non-hydrogen) atoms. The van der Waals surface area contributed by atoms with Gasteiger partial charge in [-0.05, 0) is 49.4 Å². The normalized spacial score (nSPS) is 43.2. The Balaban J connectivity index is 1.58. The van der Waals surface area contributed by atoms with E-state index in [-0.39, 0.29) is 18.5 Å². The average Bonchev–Trinajstić information content (AvgIpc) is 2.45. The Morgan fingerprint density at radius 2 is 2.05 bits per heavy atom. The first-order valence-corrected chi connectivity index (χ1v) is 8.69. The van der Waals surface area contributed by atoms with Crippen LogP contribution in [0.4, 0.5) is 0 Å². The molecular weight excluding hydrogens is 264 g/mol. The number of aliphatic hydroxyl groups is 1. The number of ether oxygens (including phenoxy) is 1. The van der Waals surface area contributed by atoms with Crippen molar-refractivity contribution in [3.05, 3.63) is 12.2 Å². The molecule has 0 bridgehead atoms. The predicted octanol–water partition coefficient (Wildman–Crippen LogP) is 3.46. The van der Waals surface area contributed by atoms with Crippen molar-refractivity contribution in [2.24, 2.45) is 23.7 Å². The summed E-state index contributed by atoms with van der Waals surface area (Å²) in [5.41, 5.74) is 0. The zero-order chi connectivity index (χ0) is 14.8. The number of aliphatic hydroxyl groups excluding tert-OH is 1. The van der Waals surface area contributed by atoms with Crippen LogP contribution in [0.15, 0.2) is 12.2 Å². The van der Waals surface area contributed by atoms with Gasteiger partial charge < -0.3 is 9.84 Å². The van der Waals surface area contributed by atoms with Gasteiger partial charge in [-0.15, -0.1) is 0 Å². The third kappa shape index (κ3) is 3.50. The number of esters is 1. The minimum absolute atomic E-state index is 0.0682. The molecule has 2 aliphatic carbocycles. The first-order valence-electron chi connectivity index (χ1n) is 8.69. The number of carbonyl (C=O) groups excluding carboxylic acids is 1. The van der Waals surface area contributed by atoms with Crippen molar-refractivity contribution in [1.29, 1.82) is 0 Å². The van der Waals surface area contributed by atoms with Gasteiger partial charge in [0.25, 0.3) is 0 Å². The van der Waals surface area contributed by atoms with Gasteiger partial charge in [-0.1, -0.05) is 31.9 Å². The Kier molecular flexibility index (Phi) is 4.68. The van der Waals surface area contributed by atoms with Crippen molar-refractivity contribution in [2.45, 2.75) is 70.5 Å². The summed E-state index contributed by atoms with van der Waals surface area (Å²) in [6, 6.07) is 0. The van der Waals surface area contributed by atoms with Crippen molar-refractivity contribution in [3.8, 4) is 0 Å². The van der Waals surface area contributed by atoms with E-state index in [4.69, 9.17) is 4.74 Å². The van der Waals surface area contributed by atoms with Gasteiger partial charge in [-0.3, -0.25) is 4.79 Å². The maximum absolute atomic E-state index is 11.4. The van der Waals surface area contributed by atoms with E-state index >= 15 is 0 Å². The van der Waals surface area contributed by atoms with Crippen molar-refractivity contribution >= 4 is 5.97 Å². The second kappa shape index (κ2) is 6.51. The molecule has 118 valence electrons. The van der Waals surface area contributed by atoms with E-state index in [1.54, 1.807) is 0 Å². The quantitative estimate of drug-likeness (QED) is 0.640. The van der Waals surface area contributed by atoms with Gasteiger partial charge in [-0.2, -0.15) is 0 Å². The van der Waals surface area contributed by atoms with Crippen LogP contribution < -0.4 is 0 Å². The standard InChI is InChI=1S/C18H28O3/c1-12-6-7-13-4-2-3-5-17(13)16(12)9-8-15-10-14(19)11-18(20)21-15/h6-7,12-17,19H,2-5,8-11H2,1H3/t12-,13+,14-,15+,16-,17+/m1/s1. The number of allylic oxidation sites excluding steroid dienone is 2. The summed E-state index contributed by atoms with van der Waals surface area (Å²) in [6.45, 7) is 2.33. The van der Waals surface area contributed by atoms with Crippen LogP contribution in [0, 0.1) is 23.7 Å². The Labute approximate surface area is 127 Å². The number of hydrogen-bond acceptors (Lipinski definition) is 3. The third-order valence-corrected chi connectivity index (χ3v) is 5.82. The smallest absolute Gasteiger partial charge is 0.308 e. The molecule has 3 rings (SSSR count). The SMILES string of the molecule is C[C@@H]1C=C[C@@H]2CCCC[C@@H]2[C@@H]1CC[C@H]1C[C@@H](O)CC(=O)O1. The summed E-state index contributed by atoms with van der Waals surface area (Å²) in [5.74, 6) is 2.72. The van der Waals surface area contributed by atoms with Crippen molar-refractivity contribution in [3.63, 3.8) is 0 Å². The van der Waals surface area contributed by atoms with E-state index < -0.39 is 6.10 Å². The summed E-state index contributed by atoms with van der Waals surface area (Å²) < 4.78 is 5.40. The van der Waals surface area contributed by atoms with Gasteiger partial charge in [0.1, 0.15) is 6.10 Å². The Hall–Kier alpha value is -0.830. The van der Waals surface area contributed by atoms with Gasteiger partial charge in [0.15, 0.2) is 0 Å². The predicted molar refractivity (Wildman–Crippen MR) is 81.6 cm³/mol. The summed E-state index contributed by atoms with van der Waals surface area (Å²) in [5, 5.41) is 9.71. The van der Waals surface area contributed by atoms with E-state index in [2.05, 4.69) is 19.1 Å². The van der Waals surface area contributed by atoms with Crippen LogP contribution >= 0.6 is 0 Å². The van der Waals surface area contributed by atoms with Gasteiger partial charge in [0, 0.05) is 6.42 Å². The number of rotatable bonds is 3. The molecular formula is C18H28O3. The second-order valence-corrected chi connectivity index (χ2v) is 7.30. The van der Waals surface area contributed by atoms with Gasteiger partial charge in [0.05, 0.1) is 12.5 Å². The van der Waals surface area contributed by atoms with Crippen LogP contribution in [-0.4, -0.2) is 23.3 Å². The lowest BCUT2D eigenvalue weighted by atomic mass is 9.64. The highest BCUT2D eigenvalue weighted by atomic mass is 16.5. The molecule has 2 fully saturated rings. The summed E-state index contributed by atoms with van der Waals surface area (Å²) >= 11 is 0. The van der Waals surface area contributed by atoms with Crippen LogP contribution in [0.1, 0.15) is 58.3 Å². The fourth-order valence-electron chi connectivity index (χ4n) is 4.70. The lowest BCUT2D eigenvalue weighted by molar-refractivity contribution is -0.160. The fourth-order valence-corrected chi connectivity index (χ4v) is 4.70. The maximum Gasteiger partial charge on any atom is 0.308 e. The Morgan fingerprint density at radius 1 is 1.24 bits per heavy atom. The molecule has 3 aliphatic rings. The molecule has 0 radical (unpaired) electrons. The molecule has 3 heteroatoms. The van der Waals surface area contributed by atoms with Crippen molar-refractivity contribution < 1.29 is 14.6 Å². The molecule has 1 N–H and O–H groups in total. The van der Waals surface area contributed by atoms with Gasteiger partial charge in [0.2, 0.25) is 0 Å². The molecule has 1 saturated heterocycles. The summed E-state index contributed by atoms with van der Waals surface area (Å²) in [4.78, 5) is 11.4. The van der Waals surface area contributed by atoms with Crippen molar-refractivity contribution in [1.82, 2.24) is 0 Å². The van der Waals surface area contributed by atoms with Gasteiger partial charge >= 0.3 is 5.97 Å². The molecule has 1 saturated carbocycles. The summed E-state index contributed by atoms with van der Waals surface area (Å²) in [7, 11) is 0. The van der Waals surface area contributed by atoms with E-state index in [1.165, 1.54) is 25.7 Å². The number of carbonyl (C=O) groups is 1. The molecule has 6 atom stereocenters. The third-order valence-electron chi connectivity index (χ3n) is 5.82. The second-order valence-electron chi connectivity index (χ2n) is 7.30. The molecule has 0 unspecified atom stereocenters. The lowest BCUT2D eigenvalue weighted by Gasteiger charge is -2.42. The first kappa shape index (κ1) is 15.1. The average molecular weight is 292 g/mol. The molecule has 0 aromatic heterocycles. The molecule has 0 amide bonds. The van der Waals surface area contributed by atoms with Crippen molar-refractivity contribution in [2.75, 3.05) is 0 Å². The zero-order valence-corrected chi connectivity index (χ0v) is 13.0. The molecule has 3 nitrogen and oxygen atoms in total. The highest BCUT2D eigenvalue weighted by Crippen LogP contribution is 2.45. The van der Waals surface area contributed by atoms with Crippen LogP contribution in [0.5, 0.6) is 0 Å². The molecule has 1 aliphatic heterocycles. The van der Waals surface area contributed by atoms with E-state index in [0.717, 1.165) is 30.6 Å². The topological polar surface area (TPSA) is 46.5 Å². The van der Waals surface area contributed by atoms with E-state index in [0.29, 0.717) is 12.3 Å². The largest absolute Gasteiger partial charge is 0.462 e. The monoisotopic (exact) mass is 292 g/mol. The number of hydrogen-bond donors (Lipinski definition) is 1. The highest BCUT2D eigenvalue weighted by Gasteiger charge is 2.36. The molecule has 0 aromatic carbocycles. The minimum Gasteiger partial charge on any atom is -0.462 e.